The molecular formula is C14H21F3O7S. The molecule has 1 aliphatic heterocycles. The van der Waals surface area contributed by atoms with E-state index in [0.717, 1.165) is 0 Å². The lowest BCUT2D eigenvalue weighted by Gasteiger charge is -2.34. The predicted molar refractivity (Wildman–Crippen MR) is 78.4 cm³/mol. The van der Waals surface area contributed by atoms with Crippen molar-refractivity contribution in [1.29, 1.82) is 0 Å². The average molecular weight is 390 g/mol. The highest BCUT2D eigenvalue weighted by atomic mass is 32.2. The van der Waals surface area contributed by atoms with Crippen LogP contribution < -0.4 is 0 Å². The summed E-state index contributed by atoms with van der Waals surface area (Å²) in [5, 5.41) is 0. The Morgan fingerprint density at radius 3 is 2.48 bits per heavy atom. The number of carbonyl (C=O) groups excluding carboxylic acids is 1. The van der Waals surface area contributed by atoms with E-state index < -0.39 is 39.5 Å². The summed E-state index contributed by atoms with van der Waals surface area (Å²) < 4.78 is 85.1. The first-order valence-electron chi connectivity index (χ1n) is 7.87. The summed E-state index contributed by atoms with van der Waals surface area (Å²) in [4.78, 5) is 12.2. The van der Waals surface area contributed by atoms with Gasteiger partial charge in [-0.25, -0.2) is 0 Å². The Kier molecular flexibility index (Phi) is 6.02. The molecule has 0 spiro atoms. The molecule has 0 aromatic heterocycles. The summed E-state index contributed by atoms with van der Waals surface area (Å²) in [5.74, 6) is -3.71. The molecule has 1 heterocycles. The van der Waals surface area contributed by atoms with Gasteiger partial charge in [0, 0.05) is 0 Å². The van der Waals surface area contributed by atoms with E-state index in [4.69, 9.17) is 14.0 Å². The number of esters is 1. The van der Waals surface area contributed by atoms with Crippen LogP contribution in [0, 0.1) is 5.92 Å². The van der Waals surface area contributed by atoms with E-state index in [1.54, 1.807) is 0 Å². The fraction of sp³-hybridized carbons (Fsp3) is 0.929. The highest BCUT2D eigenvalue weighted by Gasteiger charge is 2.57. The third-order valence-electron chi connectivity index (χ3n) is 4.26. The third kappa shape index (κ3) is 6.08. The Morgan fingerprint density at radius 2 is 1.96 bits per heavy atom. The first kappa shape index (κ1) is 20.4. The molecular weight excluding hydrogens is 369 g/mol. The number of hydrogen-bond donors (Lipinski definition) is 1. The fourth-order valence-electron chi connectivity index (χ4n) is 2.74. The minimum Gasteiger partial charge on any atom is -0.448 e. The van der Waals surface area contributed by atoms with Gasteiger partial charge in [-0.15, -0.1) is 0 Å². The number of hydrogen-bond acceptors (Lipinski definition) is 6. The molecule has 0 aromatic rings. The smallest absolute Gasteiger partial charge is 0.429 e. The van der Waals surface area contributed by atoms with Crippen molar-refractivity contribution in [2.24, 2.45) is 5.92 Å². The Bertz CT molecular complexity index is 588. The maximum atomic E-state index is 13.2. The van der Waals surface area contributed by atoms with Gasteiger partial charge in [-0.05, 0) is 26.2 Å². The van der Waals surface area contributed by atoms with Gasteiger partial charge in [0.05, 0.1) is 25.2 Å². The van der Waals surface area contributed by atoms with E-state index in [-0.39, 0.29) is 18.6 Å². The van der Waals surface area contributed by atoms with Crippen LogP contribution in [0.1, 0.15) is 32.6 Å². The minimum absolute atomic E-state index is 0.0376. The van der Waals surface area contributed by atoms with Crippen molar-refractivity contribution >= 4 is 16.1 Å². The maximum Gasteiger partial charge on any atom is 0.429 e. The molecule has 2 aliphatic rings. The normalized spacial score (nSPS) is 29.7. The van der Waals surface area contributed by atoms with Crippen molar-refractivity contribution in [3.8, 4) is 0 Å². The largest absolute Gasteiger partial charge is 0.448 e. The third-order valence-corrected chi connectivity index (χ3v) is 5.18. The molecule has 0 radical (unpaired) electrons. The minimum atomic E-state index is -5.15. The second-order valence-corrected chi connectivity index (χ2v) is 8.10. The van der Waals surface area contributed by atoms with Crippen molar-refractivity contribution in [3.05, 3.63) is 0 Å². The molecule has 0 aromatic carbocycles. The molecule has 146 valence electrons. The first-order chi connectivity index (χ1) is 11.4. The summed E-state index contributed by atoms with van der Waals surface area (Å²) >= 11 is 0. The number of alkyl halides is 3. The van der Waals surface area contributed by atoms with E-state index >= 15 is 0 Å². The fourth-order valence-corrected chi connectivity index (χ4v) is 3.66. The van der Waals surface area contributed by atoms with Gasteiger partial charge in [-0.2, -0.15) is 21.6 Å². The van der Waals surface area contributed by atoms with Crippen LogP contribution in [0.15, 0.2) is 0 Å². The van der Waals surface area contributed by atoms with Crippen LogP contribution >= 0.6 is 0 Å². The molecule has 7 nitrogen and oxygen atoms in total. The molecule has 0 bridgehead atoms. The zero-order valence-electron chi connectivity index (χ0n) is 13.6. The van der Waals surface area contributed by atoms with Crippen LogP contribution in [-0.2, 0) is 29.1 Å². The molecule has 11 heteroatoms. The summed E-state index contributed by atoms with van der Waals surface area (Å²) in [5.41, 5.74) is -3.31. The lowest BCUT2D eigenvalue weighted by Crippen LogP contribution is -2.52. The van der Waals surface area contributed by atoms with Gasteiger partial charge in [0.2, 0.25) is 5.60 Å². The van der Waals surface area contributed by atoms with E-state index in [0.29, 0.717) is 39.4 Å². The zero-order valence-corrected chi connectivity index (χ0v) is 14.4. The molecule has 1 saturated carbocycles. The topological polar surface area (TPSA) is 102 Å². The van der Waals surface area contributed by atoms with Gasteiger partial charge >= 0.3 is 12.1 Å². The highest BCUT2D eigenvalue weighted by Crippen LogP contribution is 2.37. The van der Waals surface area contributed by atoms with Gasteiger partial charge in [0.15, 0.2) is 0 Å². The highest BCUT2D eigenvalue weighted by molar-refractivity contribution is 7.85. The molecule has 2 fully saturated rings. The maximum absolute atomic E-state index is 13.2. The molecule has 4 unspecified atom stereocenters. The number of halogens is 3. The molecule has 1 N–H and O–H groups in total. The molecule has 1 aliphatic carbocycles. The lowest BCUT2D eigenvalue weighted by atomic mass is 9.87. The van der Waals surface area contributed by atoms with Crippen LogP contribution in [-0.4, -0.2) is 61.9 Å². The molecule has 2 rings (SSSR count). The monoisotopic (exact) mass is 390 g/mol. The van der Waals surface area contributed by atoms with Crippen molar-refractivity contribution < 1.29 is 45.1 Å². The van der Waals surface area contributed by atoms with Crippen LogP contribution in [0.25, 0.3) is 0 Å². The van der Waals surface area contributed by atoms with E-state index in [2.05, 4.69) is 4.74 Å². The van der Waals surface area contributed by atoms with Gasteiger partial charge < -0.3 is 14.2 Å². The van der Waals surface area contributed by atoms with Gasteiger partial charge in [0.25, 0.3) is 10.1 Å². The summed E-state index contributed by atoms with van der Waals surface area (Å²) in [6.07, 6.45) is -3.60. The molecule has 25 heavy (non-hydrogen) atoms. The lowest BCUT2D eigenvalue weighted by molar-refractivity contribution is -0.258. The van der Waals surface area contributed by atoms with Gasteiger partial charge in [0.1, 0.15) is 11.9 Å². The summed E-state index contributed by atoms with van der Waals surface area (Å²) in [6, 6.07) is 0. The van der Waals surface area contributed by atoms with E-state index in [1.165, 1.54) is 0 Å². The van der Waals surface area contributed by atoms with Gasteiger partial charge in [-0.1, -0.05) is 6.42 Å². The predicted octanol–water partition coefficient (Wildman–Crippen LogP) is 1.71. The van der Waals surface area contributed by atoms with Crippen LogP contribution in [0.5, 0.6) is 0 Å². The van der Waals surface area contributed by atoms with Crippen molar-refractivity contribution in [2.75, 3.05) is 19.0 Å². The second-order valence-electron chi connectivity index (χ2n) is 6.65. The van der Waals surface area contributed by atoms with Crippen molar-refractivity contribution in [1.82, 2.24) is 0 Å². The average Bonchev–Trinajstić information content (AvgIpc) is 3.26. The van der Waals surface area contributed by atoms with Crippen LogP contribution in [0.2, 0.25) is 0 Å². The SMILES string of the molecule is CC(CS(=O)(=O)O)(OC(=O)C1CCCC(OCC2CO2)C1)C(F)(F)F. The molecule has 1 saturated heterocycles. The number of carbonyl (C=O) groups is 1. The van der Waals surface area contributed by atoms with E-state index in [1.807, 2.05) is 0 Å². The Balaban J connectivity index is 1.98. The Labute approximate surface area is 143 Å². The number of ether oxygens (including phenoxy) is 3. The number of epoxide rings is 1. The number of rotatable bonds is 7. The van der Waals surface area contributed by atoms with Crippen LogP contribution in [0.3, 0.4) is 0 Å². The molecule has 0 amide bonds. The zero-order chi connectivity index (χ0) is 18.9. The quantitative estimate of drug-likeness (QED) is 0.401. The Morgan fingerprint density at radius 1 is 1.32 bits per heavy atom. The second kappa shape index (κ2) is 7.37. The summed E-state index contributed by atoms with van der Waals surface area (Å²) in [6.45, 7) is 1.41. The van der Waals surface area contributed by atoms with Crippen molar-refractivity contribution in [3.63, 3.8) is 0 Å². The Hall–Kier alpha value is -0.910. The van der Waals surface area contributed by atoms with Crippen LogP contribution in [0.4, 0.5) is 13.2 Å². The van der Waals surface area contributed by atoms with Crippen molar-refractivity contribution in [2.45, 2.75) is 56.6 Å². The first-order valence-corrected chi connectivity index (χ1v) is 9.48. The standard InChI is InChI=1S/C14H21F3O7S/c1-13(14(15,16)17,8-25(19,20)21)24-12(18)9-3-2-4-10(5-9)22-6-11-7-23-11/h9-11H,2-8H2,1H3,(H,19,20,21). The molecule has 4 atom stereocenters. The van der Waals surface area contributed by atoms with E-state index in [9.17, 15) is 26.4 Å². The summed E-state index contributed by atoms with van der Waals surface area (Å²) in [7, 11) is -5.00. The van der Waals surface area contributed by atoms with Gasteiger partial charge in [-0.3, -0.25) is 9.35 Å².